The molecule has 3 heterocycles. The molecular formula is C27H30N6O2. The second-order valence-electron chi connectivity index (χ2n) is 8.86. The molecule has 180 valence electrons. The smallest absolute Gasteiger partial charge is 0.271 e. The molecule has 1 aliphatic rings. The third-order valence-electron chi connectivity index (χ3n) is 6.66. The van der Waals surface area contributed by atoms with E-state index in [-0.39, 0.29) is 5.91 Å². The van der Waals surface area contributed by atoms with E-state index in [9.17, 15) is 4.79 Å². The van der Waals surface area contributed by atoms with Crippen LogP contribution in [0, 0.1) is 13.8 Å². The molecule has 0 unspecified atom stereocenters. The second-order valence-corrected chi connectivity index (χ2v) is 8.86. The second kappa shape index (κ2) is 9.76. The van der Waals surface area contributed by atoms with Crippen LogP contribution in [-0.4, -0.2) is 69.0 Å². The first kappa shape index (κ1) is 22.9. The SMILES string of the molecule is COc1cccc(-c2cc(C(=O)N3CCN(Cc4c(C)nn(-c5ccccc5)c4C)CC3)[nH]n2)c1. The summed E-state index contributed by atoms with van der Waals surface area (Å²) in [5, 5.41) is 12.0. The van der Waals surface area contributed by atoms with Gasteiger partial charge >= 0.3 is 0 Å². The molecule has 8 nitrogen and oxygen atoms in total. The number of ether oxygens (including phenoxy) is 1. The molecule has 0 spiro atoms. The molecule has 5 rings (SSSR count). The summed E-state index contributed by atoms with van der Waals surface area (Å²) in [5.74, 6) is 0.741. The summed E-state index contributed by atoms with van der Waals surface area (Å²) in [6, 6.07) is 19.7. The van der Waals surface area contributed by atoms with Crippen molar-refractivity contribution in [2.45, 2.75) is 20.4 Å². The maximum absolute atomic E-state index is 13.1. The summed E-state index contributed by atoms with van der Waals surface area (Å²) < 4.78 is 7.31. The fraction of sp³-hybridized carbons (Fsp3) is 0.296. The van der Waals surface area contributed by atoms with Crippen LogP contribution >= 0.6 is 0 Å². The summed E-state index contributed by atoms with van der Waals surface area (Å²) in [5.41, 5.74) is 6.68. The standard InChI is InChI=1S/C27H30N6O2/c1-19-24(20(2)33(30-19)22-9-5-4-6-10-22)18-31-12-14-32(15-13-31)27(34)26-17-25(28-29-26)21-8-7-11-23(16-21)35-3/h4-11,16-17H,12-15,18H2,1-3H3,(H,28,29). The van der Waals surface area contributed by atoms with E-state index in [0.29, 0.717) is 18.8 Å². The third-order valence-corrected chi connectivity index (χ3v) is 6.66. The van der Waals surface area contributed by atoms with Gasteiger partial charge in [0.15, 0.2) is 0 Å². The molecule has 0 atom stereocenters. The van der Waals surface area contributed by atoms with Gasteiger partial charge in [-0.15, -0.1) is 0 Å². The molecule has 0 radical (unpaired) electrons. The van der Waals surface area contributed by atoms with Gasteiger partial charge in [-0.3, -0.25) is 14.8 Å². The molecule has 2 aromatic carbocycles. The Bertz CT molecular complexity index is 1320. The number of para-hydroxylation sites is 1. The molecule has 35 heavy (non-hydrogen) atoms. The van der Waals surface area contributed by atoms with Gasteiger partial charge in [0.25, 0.3) is 5.91 Å². The van der Waals surface area contributed by atoms with Gasteiger partial charge in [0.1, 0.15) is 11.4 Å². The summed E-state index contributed by atoms with van der Waals surface area (Å²) in [4.78, 5) is 17.4. The lowest BCUT2D eigenvalue weighted by Crippen LogP contribution is -2.48. The van der Waals surface area contributed by atoms with E-state index in [4.69, 9.17) is 9.84 Å². The van der Waals surface area contributed by atoms with Crippen LogP contribution in [0.2, 0.25) is 0 Å². The number of aromatic amines is 1. The Balaban J connectivity index is 1.22. The van der Waals surface area contributed by atoms with Gasteiger partial charge in [-0.1, -0.05) is 30.3 Å². The zero-order valence-corrected chi connectivity index (χ0v) is 20.4. The number of H-pyrrole nitrogens is 1. The van der Waals surface area contributed by atoms with Gasteiger partial charge in [-0.2, -0.15) is 10.2 Å². The lowest BCUT2D eigenvalue weighted by atomic mass is 10.1. The molecule has 0 bridgehead atoms. The fourth-order valence-electron chi connectivity index (χ4n) is 4.59. The number of nitrogens with one attached hydrogen (secondary N) is 1. The Hall–Kier alpha value is -3.91. The number of carbonyl (C=O) groups is 1. The summed E-state index contributed by atoms with van der Waals surface area (Å²) in [6.45, 7) is 8.01. The van der Waals surface area contributed by atoms with Crippen molar-refractivity contribution in [2.75, 3.05) is 33.3 Å². The molecule has 8 heteroatoms. The van der Waals surface area contributed by atoms with Crippen molar-refractivity contribution in [3.05, 3.63) is 83.3 Å². The highest BCUT2D eigenvalue weighted by molar-refractivity contribution is 5.93. The topological polar surface area (TPSA) is 79.3 Å². The Kier molecular flexibility index (Phi) is 6.37. The number of hydrogen-bond donors (Lipinski definition) is 1. The van der Waals surface area contributed by atoms with E-state index in [1.54, 1.807) is 7.11 Å². The van der Waals surface area contributed by atoms with Crippen molar-refractivity contribution in [2.24, 2.45) is 0 Å². The first-order valence-electron chi connectivity index (χ1n) is 11.9. The van der Waals surface area contributed by atoms with Crippen molar-refractivity contribution in [3.8, 4) is 22.7 Å². The van der Waals surface area contributed by atoms with E-state index in [1.165, 1.54) is 5.56 Å². The van der Waals surface area contributed by atoms with Gasteiger partial charge in [0, 0.05) is 49.5 Å². The minimum absolute atomic E-state index is 0.0180. The van der Waals surface area contributed by atoms with Crippen molar-refractivity contribution in [1.29, 1.82) is 0 Å². The van der Waals surface area contributed by atoms with E-state index in [2.05, 4.69) is 41.1 Å². The lowest BCUT2D eigenvalue weighted by molar-refractivity contribution is 0.0622. The van der Waals surface area contributed by atoms with E-state index in [1.807, 2.05) is 58.1 Å². The van der Waals surface area contributed by atoms with Crippen LogP contribution in [0.5, 0.6) is 5.75 Å². The molecular weight excluding hydrogens is 440 g/mol. The molecule has 1 N–H and O–H groups in total. The molecule has 0 saturated carbocycles. The van der Waals surface area contributed by atoms with Crippen LogP contribution in [-0.2, 0) is 6.54 Å². The third kappa shape index (κ3) is 4.70. The molecule has 2 aromatic heterocycles. The Labute approximate surface area is 205 Å². The number of amides is 1. The Morgan fingerprint density at radius 3 is 2.51 bits per heavy atom. The number of benzene rings is 2. The molecule has 4 aromatic rings. The summed E-state index contributed by atoms with van der Waals surface area (Å²) in [7, 11) is 1.64. The molecule has 1 amide bonds. The van der Waals surface area contributed by atoms with Crippen molar-refractivity contribution < 1.29 is 9.53 Å². The highest BCUT2D eigenvalue weighted by Gasteiger charge is 2.25. The van der Waals surface area contributed by atoms with Crippen LogP contribution in [0.1, 0.15) is 27.4 Å². The average molecular weight is 471 g/mol. The van der Waals surface area contributed by atoms with Gasteiger partial charge in [0.05, 0.1) is 24.2 Å². The number of aryl methyl sites for hydroxylation is 1. The first-order chi connectivity index (χ1) is 17.0. The van der Waals surface area contributed by atoms with Gasteiger partial charge in [-0.25, -0.2) is 4.68 Å². The number of nitrogens with zero attached hydrogens (tertiary/aromatic N) is 5. The Morgan fingerprint density at radius 2 is 1.77 bits per heavy atom. The number of aromatic nitrogens is 4. The highest BCUT2D eigenvalue weighted by atomic mass is 16.5. The summed E-state index contributed by atoms with van der Waals surface area (Å²) >= 11 is 0. The Morgan fingerprint density at radius 1 is 1.00 bits per heavy atom. The zero-order chi connectivity index (χ0) is 24.4. The molecule has 1 fully saturated rings. The number of piperazine rings is 1. The maximum Gasteiger partial charge on any atom is 0.271 e. The van der Waals surface area contributed by atoms with Crippen molar-refractivity contribution in [3.63, 3.8) is 0 Å². The monoisotopic (exact) mass is 470 g/mol. The normalized spacial score (nSPS) is 14.3. The predicted molar refractivity (Wildman–Crippen MR) is 135 cm³/mol. The van der Waals surface area contributed by atoms with Gasteiger partial charge < -0.3 is 9.64 Å². The first-order valence-corrected chi connectivity index (χ1v) is 11.9. The van der Waals surface area contributed by atoms with Gasteiger partial charge in [0.2, 0.25) is 0 Å². The quantitative estimate of drug-likeness (QED) is 0.463. The number of methoxy groups -OCH3 is 1. The van der Waals surface area contributed by atoms with Crippen LogP contribution in [0.25, 0.3) is 16.9 Å². The van der Waals surface area contributed by atoms with Crippen LogP contribution < -0.4 is 4.74 Å². The predicted octanol–water partition coefficient (Wildman–Crippen LogP) is 3.85. The number of carbonyl (C=O) groups excluding carboxylic acids is 1. The zero-order valence-electron chi connectivity index (χ0n) is 20.4. The lowest BCUT2D eigenvalue weighted by Gasteiger charge is -2.34. The average Bonchev–Trinajstić information content (AvgIpc) is 3.50. The van der Waals surface area contributed by atoms with Crippen LogP contribution in [0.4, 0.5) is 0 Å². The summed E-state index contributed by atoms with van der Waals surface area (Å²) in [6.07, 6.45) is 0. The number of hydrogen-bond acceptors (Lipinski definition) is 5. The van der Waals surface area contributed by atoms with Crippen LogP contribution in [0.15, 0.2) is 60.7 Å². The highest BCUT2D eigenvalue weighted by Crippen LogP contribution is 2.24. The minimum atomic E-state index is -0.0180. The molecule has 1 aliphatic heterocycles. The van der Waals surface area contributed by atoms with Crippen molar-refractivity contribution in [1.82, 2.24) is 29.8 Å². The van der Waals surface area contributed by atoms with E-state index < -0.39 is 0 Å². The number of rotatable bonds is 6. The minimum Gasteiger partial charge on any atom is -0.497 e. The van der Waals surface area contributed by atoms with Crippen molar-refractivity contribution >= 4 is 5.91 Å². The van der Waals surface area contributed by atoms with Crippen LogP contribution in [0.3, 0.4) is 0 Å². The molecule has 1 saturated heterocycles. The van der Waals surface area contributed by atoms with E-state index >= 15 is 0 Å². The largest absolute Gasteiger partial charge is 0.497 e. The molecule has 0 aliphatic carbocycles. The van der Waals surface area contributed by atoms with E-state index in [0.717, 1.165) is 53.7 Å². The fourth-order valence-corrected chi connectivity index (χ4v) is 4.59. The maximum atomic E-state index is 13.1. The van der Waals surface area contributed by atoms with Gasteiger partial charge in [-0.05, 0) is 44.2 Å².